The van der Waals surface area contributed by atoms with Crippen molar-refractivity contribution in [3.05, 3.63) is 58.4 Å². The van der Waals surface area contributed by atoms with E-state index in [4.69, 9.17) is 9.47 Å². The van der Waals surface area contributed by atoms with Crippen LogP contribution >= 0.6 is 0 Å². The van der Waals surface area contributed by atoms with Crippen LogP contribution in [0.25, 0.3) is 0 Å². The molecule has 7 heteroatoms. The monoisotopic (exact) mass is 423 g/mol. The van der Waals surface area contributed by atoms with Gasteiger partial charge in [-0.05, 0) is 18.6 Å². The van der Waals surface area contributed by atoms with E-state index in [2.05, 4.69) is 4.90 Å². The lowest BCUT2D eigenvalue weighted by atomic mass is 10.1. The molecular formula is C24H26FN3O3. The van der Waals surface area contributed by atoms with E-state index in [1.54, 1.807) is 31.1 Å². The fourth-order valence-corrected chi connectivity index (χ4v) is 4.25. The van der Waals surface area contributed by atoms with Crippen molar-refractivity contribution in [2.45, 2.75) is 25.5 Å². The molecule has 2 aromatic carbocycles. The lowest BCUT2D eigenvalue weighted by Crippen LogP contribution is -2.44. The quantitative estimate of drug-likeness (QED) is 0.711. The van der Waals surface area contributed by atoms with Crippen molar-refractivity contribution in [2.75, 3.05) is 45.3 Å². The van der Waals surface area contributed by atoms with E-state index in [1.807, 2.05) is 24.3 Å². The summed E-state index contributed by atoms with van der Waals surface area (Å²) in [5.74, 6) is 0.449. The van der Waals surface area contributed by atoms with E-state index in [0.717, 1.165) is 16.9 Å². The molecule has 0 radical (unpaired) electrons. The standard InChI is InChI=1S/C24H26FN3O3/c1-27(2)21-8-6-16(24(25)20(21)12-26)13-28-10-11-30-17(14-28)15-31-23-5-3-4-18-19(23)7-9-22(18)29/h3-6,8,17H,7,9-11,13-15H2,1-2H3. The van der Waals surface area contributed by atoms with Gasteiger partial charge in [0.05, 0.1) is 12.3 Å². The minimum atomic E-state index is -0.461. The normalized spacial score (nSPS) is 18.5. The van der Waals surface area contributed by atoms with Gasteiger partial charge in [0.15, 0.2) is 5.78 Å². The van der Waals surface area contributed by atoms with Gasteiger partial charge in [0.2, 0.25) is 0 Å². The summed E-state index contributed by atoms with van der Waals surface area (Å²) < 4.78 is 26.8. The molecule has 1 heterocycles. The van der Waals surface area contributed by atoms with Gasteiger partial charge in [-0.15, -0.1) is 0 Å². The lowest BCUT2D eigenvalue weighted by molar-refractivity contribution is -0.0507. The highest BCUT2D eigenvalue weighted by Gasteiger charge is 2.26. The van der Waals surface area contributed by atoms with E-state index in [-0.39, 0.29) is 17.5 Å². The van der Waals surface area contributed by atoms with Crippen LogP contribution < -0.4 is 9.64 Å². The summed E-state index contributed by atoms with van der Waals surface area (Å²) in [6, 6.07) is 11.1. The Morgan fingerprint density at radius 3 is 2.90 bits per heavy atom. The number of hydrogen-bond donors (Lipinski definition) is 0. The smallest absolute Gasteiger partial charge is 0.163 e. The number of hydrogen-bond acceptors (Lipinski definition) is 6. The first-order valence-corrected chi connectivity index (χ1v) is 10.5. The molecular weight excluding hydrogens is 397 g/mol. The summed E-state index contributed by atoms with van der Waals surface area (Å²) in [6.07, 6.45) is 1.10. The molecule has 0 N–H and O–H groups in total. The Bertz CT molecular complexity index is 1030. The first-order chi connectivity index (χ1) is 15.0. The van der Waals surface area contributed by atoms with Gasteiger partial charge in [-0.1, -0.05) is 18.2 Å². The number of ether oxygens (including phenoxy) is 2. The van der Waals surface area contributed by atoms with Crippen molar-refractivity contribution < 1.29 is 18.7 Å². The molecule has 0 amide bonds. The van der Waals surface area contributed by atoms with Crippen molar-refractivity contribution >= 4 is 11.5 Å². The molecule has 4 rings (SSSR count). The Labute approximate surface area is 181 Å². The second-order valence-corrected chi connectivity index (χ2v) is 8.18. The third-order valence-electron chi connectivity index (χ3n) is 5.87. The molecule has 0 spiro atoms. The van der Waals surface area contributed by atoms with E-state index >= 15 is 0 Å². The molecule has 1 aliphatic heterocycles. The van der Waals surface area contributed by atoms with Crippen LogP contribution in [0, 0.1) is 17.1 Å². The summed E-state index contributed by atoms with van der Waals surface area (Å²) in [5.41, 5.74) is 2.89. The highest BCUT2D eigenvalue weighted by atomic mass is 19.1. The number of rotatable bonds is 6. The maximum Gasteiger partial charge on any atom is 0.163 e. The van der Waals surface area contributed by atoms with Crippen molar-refractivity contribution in [1.82, 2.24) is 4.90 Å². The van der Waals surface area contributed by atoms with Gasteiger partial charge in [-0.25, -0.2) is 4.39 Å². The van der Waals surface area contributed by atoms with Crippen LogP contribution in [0.4, 0.5) is 10.1 Å². The molecule has 1 atom stereocenters. The second-order valence-electron chi connectivity index (χ2n) is 8.18. The van der Waals surface area contributed by atoms with Gasteiger partial charge in [0.1, 0.15) is 35.9 Å². The molecule has 0 aromatic heterocycles. The van der Waals surface area contributed by atoms with Crippen molar-refractivity contribution in [2.24, 2.45) is 0 Å². The number of anilines is 1. The molecule has 1 unspecified atom stereocenters. The molecule has 0 saturated carbocycles. The highest BCUT2D eigenvalue weighted by molar-refractivity contribution is 6.01. The van der Waals surface area contributed by atoms with Crippen molar-refractivity contribution in [3.8, 4) is 11.8 Å². The first-order valence-electron chi connectivity index (χ1n) is 10.5. The number of fused-ring (bicyclic) bond motifs is 1. The number of morpholine rings is 1. The van der Waals surface area contributed by atoms with Crippen LogP contribution in [0.15, 0.2) is 30.3 Å². The van der Waals surface area contributed by atoms with Crippen LogP contribution in [-0.4, -0.2) is 57.2 Å². The van der Waals surface area contributed by atoms with Crippen LogP contribution in [0.1, 0.15) is 33.5 Å². The van der Waals surface area contributed by atoms with Crippen LogP contribution in [0.5, 0.6) is 5.75 Å². The van der Waals surface area contributed by atoms with Crippen LogP contribution in [0.2, 0.25) is 0 Å². The molecule has 162 valence electrons. The topological polar surface area (TPSA) is 65.8 Å². The summed E-state index contributed by atoms with van der Waals surface area (Å²) in [6.45, 7) is 2.59. The minimum Gasteiger partial charge on any atom is -0.491 e. The van der Waals surface area contributed by atoms with Crippen LogP contribution in [0.3, 0.4) is 0 Å². The van der Waals surface area contributed by atoms with E-state index < -0.39 is 5.82 Å². The second kappa shape index (κ2) is 9.04. The lowest BCUT2D eigenvalue weighted by Gasteiger charge is -2.33. The summed E-state index contributed by atoms with van der Waals surface area (Å²) >= 11 is 0. The molecule has 1 fully saturated rings. The predicted octanol–water partition coefficient (Wildman–Crippen LogP) is 3.17. The third-order valence-corrected chi connectivity index (χ3v) is 5.87. The number of halogens is 1. The highest BCUT2D eigenvalue weighted by Crippen LogP contribution is 2.31. The summed E-state index contributed by atoms with van der Waals surface area (Å²) in [5, 5.41) is 9.39. The Balaban J connectivity index is 1.40. The molecule has 1 aliphatic carbocycles. The van der Waals surface area contributed by atoms with Gasteiger partial charge in [-0.3, -0.25) is 9.69 Å². The Morgan fingerprint density at radius 2 is 2.13 bits per heavy atom. The fraction of sp³-hybridized carbons (Fsp3) is 0.417. The van der Waals surface area contributed by atoms with Gasteiger partial charge >= 0.3 is 0 Å². The molecule has 0 bridgehead atoms. The zero-order valence-corrected chi connectivity index (χ0v) is 17.9. The van der Waals surface area contributed by atoms with Gasteiger partial charge in [0, 0.05) is 56.8 Å². The van der Waals surface area contributed by atoms with Crippen LogP contribution in [-0.2, 0) is 17.7 Å². The Hall–Kier alpha value is -2.95. The van der Waals surface area contributed by atoms with E-state index in [1.165, 1.54) is 0 Å². The average Bonchev–Trinajstić information content (AvgIpc) is 3.15. The Morgan fingerprint density at radius 1 is 1.29 bits per heavy atom. The van der Waals surface area contributed by atoms with E-state index in [0.29, 0.717) is 56.9 Å². The molecule has 1 saturated heterocycles. The molecule has 2 aromatic rings. The zero-order valence-electron chi connectivity index (χ0n) is 17.9. The molecule has 31 heavy (non-hydrogen) atoms. The van der Waals surface area contributed by atoms with Gasteiger partial charge in [0.25, 0.3) is 0 Å². The average molecular weight is 423 g/mol. The number of carbonyl (C=O) groups excluding carboxylic acids is 1. The van der Waals surface area contributed by atoms with Crippen molar-refractivity contribution in [1.29, 1.82) is 5.26 Å². The van der Waals surface area contributed by atoms with E-state index in [9.17, 15) is 14.4 Å². The number of nitrogens with zero attached hydrogens (tertiary/aromatic N) is 3. The minimum absolute atomic E-state index is 0.0723. The maximum atomic E-state index is 14.9. The van der Waals surface area contributed by atoms with Crippen molar-refractivity contribution in [3.63, 3.8) is 0 Å². The number of carbonyl (C=O) groups is 1. The number of benzene rings is 2. The Kier molecular flexibility index (Phi) is 6.21. The molecule has 6 nitrogen and oxygen atoms in total. The van der Waals surface area contributed by atoms with Gasteiger partial charge in [-0.2, -0.15) is 5.26 Å². The first kappa shape index (κ1) is 21.3. The maximum absolute atomic E-state index is 14.9. The fourth-order valence-electron chi connectivity index (χ4n) is 4.25. The number of ketones is 1. The third kappa shape index (κ3) is 4.41. The summed E-state index contributed by atoms with van der Waals surface area (Å²) in [4.78, 5) is 15.8. The summed E-state index contributed by atoms with van der Waals surface area (Å²) in [7, 11) is 3.58. The van der Waals surface area contributed by atoms with Gasteiger partial charge < -0.3 is 14.4 Å². The number of Topliss-reactive ketones (excluding diaryl/α,β-unsaturated/α-hetero) is 1. The molecule has 2 aliphatic rings. The SMILES string of the molecule is CN(C)c1ccc(CN2CCOC(COc3cccc4c3CCC4=O)C2)c(F)c1C#N. The predicted molar refractivity (Wildman–Crippen MR) is 115 cm³/mol. The largest absolute Gasteiger partial charge is 0.491 e. The zero-order chi connectivity index (χ0) is 22.0. The number of nitriles is 1.